The Morgan fingerprint density at radius 1 is 1.35 bits per heavy atom. The van der Waals surface area contributed by atoms with Crippen LogP contribution in [0.3, 0.4) is 0 Å². The third kappa shape index (κ3) is 3.07. The highest BCUT2D eigenvalue weighted by Gasteiger charge is 2.40. The molecule has 1 fully saturated rings. The first-order chi connectivity index (χ1) is 9.77. The Morgan fingerprint density at radius 3 is 2.60 bits per heavy atom. The molecule has 1 saturated carbocycles. The molecule has 1 aromatic rings. The van der Waals surface area contributed by atoms with Crippen molar-refractivity contribution in [1.29, 1.82) is 0 Å². The molecule has 1 unspecified atom stereocenters. The number of rotatable bonds is 6. The van der Waals surface area contributed by atoms with Gasteiger partial charge in [0.05, 0.1) is 17.3 Å². The molecular weight excluding hydrogens is 250 g/mol. The molecule has 0 aromatic carbocycles. The average Bonchev–Trinajstić information content (AvgIpc) is 2.77. The maximum absolute atomic E-state index is 6.07. The fraction of sp³-hybridized carbons (Fsp3) is 0.812. The number of nitrogens with one attached hydrogen (secondary N) is 1. The van der Waals surface area contributed by atoms with E-state index in [4.69, 9.17) is 4.74 Å². The van der Waals surface area contributed by atoms with E-state index in [2.05, 4.69) is 28.1 Å². The second kappa shape index (κ2) is 7.23. The highest BCUT2D eigenvalue weighted by molar-refractivity contribution is 5.14. The smallest absolute Gasteiger partial charge is 0.0887 e. The molecular formula is C16H29N3O. The van der Waals surface area contributed by atoms with E-state index in [0.29, 0.717) is 0 Å². The van der Waals surface area contributed by atoms with E-state index in [1.54, 1.807) is 0 Å². The summed E-state index contributed by atoms with van der Waals surface area (Å²) in [6, 6.07) is 2.36. The van der Waals surface area contributed by atoms with Crippen LogP contribution < -0.4 is 5.32 Å². The zero-order chi connectivity index (χ0) is 14.4. The molecule has 0 aliphatic heterocycles. The van der Waals surface area contributed by atoms with Crippen molar-refractivity contribution in [3.05, 3.63) is 18.0 Å². The van der Waals surface area contributed by atoms with Crippen LogP contribution in [0.15, 0.2) is 12.3 Å². The molecule has 1 aliphatic rings. The van der Waals surface area contributed by atoms with Gasteiger partial charge in [-0.2, -0.15) is 5.10 Å². The summed E-state index contributed by atoms with van der Waals surface area (Å²) in [7, 11) is 3.91. The topological polar surface area (TPSA) is 39.1 Å². The Labute approximate surface area is 122 Å². The van der Waals surface area contributed by atoms with Crippen LogP contribution in [0.1, 0.15) is 63.6 Å². The van der Waals surface area contributed by atoms with Gasteiger partial charge in [-0.25, -0.2) is 0 Å². The van der Waals surface area contributed by atoms with Crippen molar-refractivity contribution in [3.8, 4) is 0 Å². The minimum atomic E-state index is -0.0865. The molecule has 4 nitrogen and oxygen atoms in total. The molecule has 0 radical (unpaired) electrons. The van der Waals surface area contributed by atoms with Gasteiger partial charge in [0, 0.05) is 19.9 Å². The van der Waals surface area contributed by atoms with Gasteiger partial charge in [0.25, 0.3) is 0 Å². The van der Waals surface area contributed by atoms with Crippen LogP contribution in [0.25, 0.3) is 0 Å². The lowest BCUT2D eigenvalue weighted by molar-refractivity contribution is -0.0543. The van der Waals surface area contributed by atoms with Gasteiger partial charge in [-0.1, -0.05) is 32.6 Å². The van der Waals surface area contributed by atoms with Crippen molar-refractivity contribution < 1.29 is 4.74 Å². The fourth-order valence-electron chi connectivity index (χ4n) is 3.60. The van der Waals surface area contributed by atoms with E-state index in [1.165, 1.54) is 31.4 Å². The Hall–Kier alpha value is -0.870. The third-order valence-corrected chi connectivity index (χ3v) is 4.65. The van der Waals surface area contributed by atoms with Crippen molar-refractivity contribution in [1.82, 2.24) is 15.1 Å². The van der Waals surface area contributed by atoms with Gasteiger partial charge in [-0.05, 0) is 32.4 Å². The molecule has 114 valence electrons. The molecule has 1 aromatic heterocycles. The number of hydrogen-bond donors (Lipinski definition) is 1. The predicted octanol–water partition coefficient (Wildman–Crippen LogP) is 3.29. The van der Waals surface area contributed by atoms with Crippen LogP contribution in [0.4, 0.5) is 0 Å². The minimum absolute atomic E-state index is 0.0865. The van der Waals surface area contributed by atoms with Gasteiger partial charge in [0.1, 0.15) is 0 Å². The lowest BCUT2D eigenvalue weighted by atomic mass is 9.84. The predicted molar refractivity (Wildman–Crippen MR) is 81.8 cm³/mol. The highest BCUT2D eigenvalue weighted by Crippen LogP contribution is 2.40. The first kappa shape index (κ1) is 15.5. The normalized spacial score (nSPS) is 20.6. The average molecular weight is 279 g/mol. The van der Waals surface area contributed by atoms with Gasteiger partial charge in [-0.3, -0.25) is 4.68 Å². The lowest BCUT2D eigenvalue weighted by Gasteiger charge is -2.39. The van der Waals surface area contributed by atoms with E-state index < -0.39 is 0 Å². The number of nitrogens with zero attached hydrogens (tertiary/aromatic N) is 2. The van der Waals surface area contributed by atoms with Crippen molar-refractivity contribution in [2.24, 2.45) is 0 Å². The highest BCUT2D eigenvalue weighted by atomic mass is 16.5. The number of aryl methyl sites for hydroxylation is 1. The molecule has 1 atom stereocenters. The molecule has 2 rings (SSSR count). The van der Waals surface area contributed by atoms with E-state index in [1.807, 2.05) is 20.4 Å². The second-order valence-electron chi connectivity index (χ2n) is 5.88. The molecule has 1 aliphatic carbocycles. The summed E-state index contributed by atoms with van der Waals surface area (Å²) in [4.78, 5) is 0. The monoisotopic (exact) mass is 279 g/mol. The summed E-state index contributed by atoms with van der Waals surface area (Å²) in [5, 5.41) is 7.99. The molecule has 20 heavy (non-hydrogen) atoms. The largest absolute Gasteiger partial charge is 0.376 e. The Kier molecular flexibility index (Phi) is 5.61. The number of ether oxygens (including phenoxy) is 1. The molecule has 1 heterocycles. The third-order valence-electron chi connectivity index (χ3n) is 4.65. The standard InChI is InChI=1S/C16H29N3O/c1-4-13-19-14(9-12-18-19)15(17-2)16(20-3)10-7-5-6-8-11-16/h9,12,15,17H,4-8,10-11,13H2,1-3H3. The molecule has 0 bridgehead atoms. The van der Waals surface area contributed by atoms with Gasteiger partial charge in [0.15, 0.2) is 0 Å². The van der Waals surface area contributed by atoms with Crippen LogP contribution in [0, 0.1) is 0 Å². The Bertz CT molecular complexity index is 394. The Balaban J connectivity index is 2.30. The zero-order valence-corrected chi connectivity index (χ0v) is 13.2. The first-order valence-electron chi connectivity index (χ1n) is 8.01. The number of aromatic nitrogens is 2. The van der Waals surface area contributed by atoms with E-state index in [9.17, 15) is 0 Å². The van der Waals surface area contributed by atoms with Crippen molar-refractivity contribution in [2.75, 3.05) is 14.2 Å². The van der Waals surface area contributed by atoms with Crippen LogP contribution in [-0.2, 0) is 11.3 Å². The van der Waals surface area contributed by atoms with Crippen LogP contribution in [-0.4, -0.2) is 29.5 Å². The summed E-state index contributed by atoms with van der Waals surface area (Å²) in [6.45, 7) is 3.16. The molecule has 0 spiro atoms. The number of likely N-dealkylation sites (N-methyl/N-ethyl adjacent to an activating group) is 1. The number of methoxy groups -OCH3 is 1. The summed E-state index contributed by atoms with van der Waals surface area (Å²) < 4.78 is 8.20. The Morgan fingerprint density at radius 2 is 2.05 bits per heavy atom. The minimum Gasteiger partial charge on any atom is -0.376 e. The lowest BCUT2D eigenvalue weighted by Crippen LogP contribution is -2.45. The van der Waals surface area contributed by atoms with Crippen molar-refractivity contribution in [2.45, 2.75) is 70.1 Å². The van der Waals surface area contributed by atoms with E-state index in [-0.39, 0.29) is 11.6 Å². The van der Waals surface area contributed by atoms with Gasteiger partial charge in [0.2, 0.25) is 0 Å². The van der Waals surface area contributed by atoms with Gasteiger partial charge < -0.3 is 10.1 Å². The van der Waals surface area contributed by atoms with Crippen LogP contribution in [0.2, 0.25) is 0 Å². The van der Waals surface area contributed by atoms with Crippen molar-refractivity contribution >= 4 is 0 Å². The fourth-order valence-corrected chi connectivity index (χ4v) is 3.60. The maximum Gasteiger partial charge on any atom is 0.0887 e. The van der Waals surface area contributed by atoms with Crippen LogP contribution in [0.5, 0.6) is 0 Å². The van der Waals surface area contributed by atoms with Gasteiger partial charge >= 0.3 is 0 Å². The zero-order valence-electron chi connectivity index (χ0n) is 13.2. The molecule has 0 amide bonds. The first-order valence-corrected chi connectivity index (χ1v) is 8.01. The number of hydrogen-bond acceptors (Lipinski definition) is 3. The molecule has 1 N–H and O–H groups in total. The summed E-state index contributed by atoms with van der Waals surface area (Å²) >= 11 is 0. The molecule has 0 saturated heterocycles. The molecule has 4 heteroatoms. The van der Waals surface area contributed by atoms with E-state index >= 15 is 0 Å². The van der Waals surface area contributed by atoms with Crippen LogP contribution >= 0.6 is 0 Å². The summed E-state index contributed by atoms with van der Waals surface area (Å²) in [6.07, 6.45) is 10.5. The van der Waals surface area contributed by atoms with Crippen molar-refractivity contribution in [3.63, 3.8) is 0 Å². The van der Waals surface area contributed by atoms with E-state index in [0.717, 1.165) is 25.8 Å². The maximum atomic E-state index is 6.07. The second-order valence-corrected chi connectivity index (χ2v) is 5.88. The summed E-state index contributed by atoms with van der Waals surface area (Å²) in [5.74, 6) is 0. The quantitative estimate of drug-likeness (QED) is 0.812. The summed E-state index contributed by atoms with van der Waals surface area (Å²) in [5.41, 5.74) is 1.18. The SMILES string of the molecule is CCCn1nccc1C(NC)C1(OC)CCCCCC1. The van der Waals surface area contributed by atoms with Gasteiger partial charge in [-0.15, -0.1) is 0 Å².